The molecule has 0 atom stereocenters. The van der Waals surface area contributed by atoms with E-state index >= 15 is 0 Å². The van der Waals surface area contributed by atoms with Gasteiger partial charge in [-0.3, -0.25) is 0 Å². The molecular weight excluding hydrogens is 1600 g/mol. The largest absolute Gasteiger partial charge is 0.456 e. The fraction of sp³-hybridized carbons (Fsp3) is 0.0952. The van der Waals surface area contributed by atoms with Gasteiger partial charge in [0.2, 0.25) is 0 Å². The van der Waals surface area contributed by atoms with Gasteiger partial charge in [-0.1, -0.05) is 319 Å². The maximum atomic E-state index is 6.84. The van der Waals surface area contributed by atoms with Crippen molar-refractivity contribution in [3.63, 3.8) is 0 Å². The molecule has 24 rings (SSSR count). The van der Waals surface area contributed by atoms with E-state index in [0.29, 0.717) is 0 Å². The van der Waals surface area contributed by atoms with Crippen molar-refractivity contribution in [1.82, 2.24) is 9.13 Å². The van der Waals surface area contributed by atoms with E-state index in [1.54, 1.807) is 0 Å². The predicted molar refractivity (Wildman–Crippen MR) is 562 cm³/mol. The Hall–Kier alpha value is -15.8. The van der Waals surface area contributed by atoms with Crippen LogP contribution in [0.1, 0.15) is 74.9 Å². The second-order valence-corrected chi connectivity index (χ2v) is 38.7. The molecule has 132 heavy (non-hydrogen) atoms. The molecule has 19 aromatic carbocycles. The number of para-hydroxylation sites is 1. The van der Waals surface area contributed by atoms with Crippen LogP contribution in [0.5, 0.6) is 0 Å². The molecule has 5 heterocycles. The van der Waals surface area contributed by atoms with Crippen molar-refractivity contribution in [2.75, 3.05) is 9.80 Å². The van der Waals surface area contributed by atoms with Crippen LogP contribution in [0.4, 0.5) is 34.1 Å². The molecule has 0 saturated heterocycles. The number of anilines is 6. The fourth-order valence-electron chi connectivity index (χ4n) is 21.3. The minimum absolute atomic E-state index is 0.304. The van der Waals surface area contributed by atoms with E-state index in [4.69, 9.17) is 4.42 Å². The molecule has 6 heteroatoms. The molecular formula is C126H97BN4O. The van der Waals surface area contributed by atoms with Crippen molar-refractivity contribution >= 4 is 123 Å². The van der Waals surface area contributed by atoms with Gasteiger partial charge in [-0.15, -0.1) is 0 Å². The summed E-state index contributed by atoms with van der Waals surface area (Å²) in [6.07, 6.45) is 0. The summed E-state index contributed by atoms with van der Waals surface area (Å²) in [5, 5.41) is 7.03. The van der Waals surface area contributed by atoms with Crippen LogP contribution in [0.2, 0.25) is 0 Å². The Morgan fingerprint density at radius 2 is 0.538 bits per heavy atom. The van der Waals surface area contributed by atoms with E-state index in [2.05, 4.69) is 495 Å². The van der Waals surface area contributed by atoms with Gasteiger partial charge < -0.3 is 23.4 Å². The number of hydrogen-bond acceptors (Lipinski definition) is 3. The van der Waals surface area contributed by atoms with Gasteiger partial charge in [-0.05, 0) is 296 Å². The summed E-state index contributed by atoms with van der Waals surface area (Å²) in [4.78, 5) is 5.51. The summed E-state index contributed by atoms with van der Waals surface area (Å²) in [5.74, 6) is 0. The van der Waals surface area contributed by atoms with Gasteiger partial charge in [0.05, 0.1) is 33.4 Å². The fourth-order valence-corrected chi connectivity index (χ4v) is 21.3. The van der Waals surface area contributed by atoms with Gasteiger partial charge in [0.25, 0.3) is 6.71 Å². The first-order valence-corrected chi connectivity index (χ1v) is 46.3. The van der Waals surface area contributed by atoms with Gasteiger partial charge in [-0.25, -0.2) is 0 Å². The smallest absolute Gasteiger partial charge is 0.252 e. The molecule has 630 valence electrons. The number of fused-ring (bicyclic) bond motifs is 13. The highest BCUT2D eigenvalue weighted by atomic mass is 16.3. The van der Waals surface area contributed by atoms with Crippen LogP contribution >= 0.6 is 0 Å². The highest BCUT2D eigenvalue weighted by Crippen LogP contribution is 2.57. The summed E-state index contributed by atoms with van der Waals surface area (Å²) in [6.45, 7) is 22.8. The van der Waals surface area contributed by atoms with Gasteiger partial charge >= 0.3 is 0 Å². The van der Waals surface area contributed by atoms with E-state index < -0.39 is 0 Å². The summed E-state index contributed by atoms with van der Waals surface area (Å²) < 4.78 is 11.9. The van der Waals surface area contributed by atoms with E-state index in [1.807, 2.05) is 0 Å². The van der Waals surface area contributed by atoms with Gasteiger partial charge in [-0.2, -0.15) is 0 Å². The highest BCUT2D eigenvalue weighted by molar-refractivity contribution is 7.00. The summed E-state index contributed by atoms with van der Waals surface area (Å²) in [5.41, 5.74) is 45.4. The molecule has 3 aromatic heterocycles. The number of benzene rings is 19. The normalized spacial score (nSPS) is 12.6. The van der Waals surface area contributed by atoms with Crippen molar-refractivity contribution in [3.8, 4) is 112 Å². The van der Waals surface area contributed by atoms with Crippen molar-refractivity contribution in [2.24, 2.45) is 0 Å². The van der Waals surface area contributed by atoms with E-state index in [-0.39, 0.29) is 17.5 Å². The van der Waals surface area contributed by atoms with Gasteiger partial charge in [0, 0.05) is 88.7 Å². The first kappa shape index (κ1) is 79.6. The Kier molecular flexibility index (Phi) is 18.7. The molecule has 0 radical (unpaired) electrons. The maximum Gasteiger partial charge on any atom is 0.252 e. The van der Waals surface area contributed by atoms with Crippen LogP contribution < -0.4 is 26.2 Å². The Labute approximate surface area is 772 Å². The van der Waals surface area contributed by atoms with Crippen LogP contribution in [-0.4, -0.2) is 15.8 Å². The average Bonchev–Trinajstić information content (AvgIpc) is 0.733. The number of hydrogen-bond donors (Lipinski definition) is 0. The van der Waals surface area contributed by atoms with Gasteiger partial charge in [0.15, 0.2) is 0 Å². The predicted octanol–water partition coefficient (Wildman–Crippen LogP) is 32.7. The van der Waals surface area contributed by atoms with Crippen molar-refractivity contribution in [3.05, 3.63) is 440 Å². The first-order valence-electron chi connectivity index (χ1n) is 46.3. The number of aryl methyl sites for hydroxylation is 4. The SMILES string of the molecule is Cc1ccc2c(c1)c1cc(C)ccc1n2-c1ccc2c(c1)N(c1c(-c3ccccc3)cc(C(C)(C)C)cc1-c1cccc(-c3cccc(-c4ccccc4)c3)c1)c1cc(-c3ccc4oc5ccccc5c4c3)cc3c1B2c1ccc(-n2c4ccc(C)cc4c4cc(C)ccc42)cc1N3c1c(-c2ccccc2)cc(C(C)(C)C)cc1-c1cccc(-c2cccc(-c3ccccc3)c2)c1. The molecule has 0 N–H and O–H groups in total. The van der Waals surface area contributed by atoms with E-state index in [0.717, 1.165) is 167 Å². The number of nitrogens with zero attached hydrogens (tertiary/aromatic N) is 4. The molecule has 0 amide bonds. The van der Waals surface area contributed by atoms with E-state index in [1.165, 1.54) is 93.6 Å². The zero-order chi connectivity index (χ0) is 89.1. The zero-order valence-electron chi connectivity index (χ0n) is 76.0. The lowest BCUT2D eigenvalue weighted by molar-refractivity contribution is 0.590. The highest BCUT2D eigenvalue weighted by Gasteiger charge is 2.47. The quantitative estimate of drug-likeness (QED) is 0.108. The number of furan rings is 1. The standard InChI is InChI=1S/C126H97BN4O/c1-78-47-56-112-105(61-78)106-62-79(2)48-57-113(106)128(112)98-52-54-110-116(76-98)130(123-101(84-33-19-13-20-34-84)72-96(125(5,6)7)74-103(123)93-43-27-41-90(67-93)88-39-25-37-86(65-88)82-29-15-11-16-30-82)118-70-95(92-51-60-121-109(69-92)100-45-23-24-46-120(100)132-121)71-119-122(118)127(110)111-55-53-99(129-114-58-49-80(3)63-107(114)108-64-81(4)50-59-115(108)129)77-117(111)131(119)124-102(85-35-21-14-22-36-85)73-97(126(8,9)10)75-104(124)94-44-28-42-91(68-94)89-40-26-38-87(66-89)83-31-17-12-18-32-83/h11-77H,1-10H3. The average molecular weight is 1690 g/mol. The summed E-state index contributed by atoms with van der Waals surface area (Å²) in [7, 11) is 0. The lowest BCUT2D eigenvalue weighted by Crippen LogP contribution is -2.61. The third kappa shape index (κ3) is 13.4. The molecule has 5 nitrogen and oxygen atoms in total. The van der Waals surface area contributed by atoms with Crippen LogP contribution in [0.15, 0.2) is 411 Å². The second-order valence-electron chi connectivity index (χ2n) is 38.7. The first-order chi connectivity index (χ1) is 64.3. The lowest BCUT2D eigenvalue weighted by Gasteiger charge is -2.46. The van der Waals surface area contributed by atoms with Crippen molar-refractivity contribution in [1.29, 1.82) is 0 Å². The Morgan fingerprint density at radius 3 is 0.924 bits per heavy atom. The van der Waals surface area contributed by atoms with Crippen LogP contribution in [0, 0.1) is 27.7 Å². The maximum absolute atomic E-state index is 6.84. The van der Waals surface area contributed by atoms with Gasteiger partial charge in [0.1, 0.15) is 11.2 Å². The molecule has 0 spiro atoms. The van der Waals surface area contributed by atoms with Crippen molar-refractivity contribution < 1.29 is 4.42 Å². The molecule has 0 bridgehead atoms. The summed E-state index contributed by atoms with van der Waals surface area (Å²) >= 11 is 0. The zero-order valence-corrected chi connectivity index (χ0v) is 76.0. The molecule has 0 saturated carbocycles. The molecule has 0 aliphatic carbocycles. The third-order valence-corrected chi connectivity index (χ3v) is 27.9. The molecule has 2 aliphatic heterocycles. The topological polar surface area (TPSA) is 29.5 Å². The van der Waals surface area contributed by atoms with Crippen LogP contribution in [-0.2, 0) is 10.8 Å². The van der Waals surface area contributed by atoms with E-state index in [9.17, 15) is 0 Å². The lowest BCUT2D eigenvalue weighted by atomic mass is 9.33. The Bertz CT molecular complexity index is 7910. The molecule has 0 unspecified atom stereocenters. The molecule has 0 fully saturated rings. The minimum Gasteiger partial charge on any atom is -0.456 e. The molecule has 22 aromatic rings. The Morgan fingerprint density at radius 1 is 0.220 bits per heavy atom. The van der Waals surface area contributed by atoms with Crippen molar-refractivity contribution in [2.45, 2.75) is 80.1 Å². The van der Waals surface area contributed by atoms with Crippen LogP contribution in [0.3, 0.4) is 0 Å². The minimum atomic E-state index is -0.368. The molecule has 2 aliphatic rings. The Balaban J connectivity index is 0.878. The monoisotopic (exact) mass is 1690 g/mol. The summed E-state index contributed by atoms with van der Waals surface area (Å²) in [6, 6.07) is 155. The second kappa shape index (κ2) is 31.0. The number of aromatic nitrogens is 2. The van der Waals surface area contributed by atoms with Crippen LogP contribution in [0.25, 0.3) is 177 Å². The number of rotatable bonds is 13. The third-order valence-electron chi connectivity index (χ3n) is 27.9.